The monoisotopic (exact) mass is 293 g/mol. The van der Waals surface area contributed by atoms with Crippen molar-refractivity contribution in [1.82, 2.24) is 5.32 Å². The van der Waals surface area contributed by atoms with E-state index in [1.807, 2.05) is 6.92 Å². The number of aliphatic carboxylic acids is 1. The summed E-state index contributed by atoms with van der Waals surface area (Å²) in [7, 11) is 0. The average Bonchev–Trinajstić information content (AvgIpc) is 3.25. The molecule has 0 saturated heterocycles. The minimum absolute atomic E-state index is 0.266. The summed E-state index contributed by atoms with van der Waals surface area (Å²) in [5.41, 5.74) is 0.0780. The van der Waals surface area contributed by atoms with Crippen LogP contribution in [0.4, 0.5) is 4.39 Å². The first kappa shape index (κ1) is 15.5. The third-order valence-electron chi connectivity index (χ3n) is 4.03. The second-order valence-electron chi connectivity index (χ2n) is 5.60. The van der Waals surface area contributed by atoms with Gasteiger partial charge >= 0.3 is 5.97 Å². The Morgan fingerprint density at radius 3 is 2.43 bits per heavy atom. The predicted molar refractivity (Wildman–Crippen MR) is 76.4 cm³/mol. The Morgan fingerprint density at radius 2 is 1.95 bits per heavy atom. The molecule has 2 rings (SSSR count). The molecular weight excluding hydrogens is 273 g/mol. The van der Waals surface area contributed by atoms with Crippen LogP contribution in [0, 0.1) is 5.82 Å². The van der Waals surface area contributed by atoms with Crippen molar-refractivity contribution in [1.29, 1.82) is 0 Å². The third-order valence-corrected chi connectivity index (χ3v) is 4.03. The highest BCUT2D eigenvalue weighted by Crippen LogP contribution is 2.48. The van der Waals surface area contributed by atoms with Crippen molar-refractivity contribution < 1.29 is 19.1 Å². The van der Waals surface area contributed by atoms with Gasteiger partial charge in [-0.05, 0) is 37.0 Å². The zero-order valence-electron chi connectivity index (χ0n) is 12.1. The molecule has 114 valence electrons. The summed E-state index contributed by atoms with van der Waals surface area (Å²) in [6.45, 7) is 1.97. The number of unbranched alkanes of at least 4 members (excludes halogenated alkanes) is 1. The van der Waals surface area contributed by atoms with E-state index in [0.717, 1.165) is 18.4 Å². The number of rotatable bonds is 7. The Bertz CT molecular complexity index is 523. The molecule has 21 heavy (non-hydrogen) atoms. The van der Waals surface area contributed by atoms with Crippen LogP contribution in [0.1, 0.15) is 44.6 Å². The van der Waals surface area contributed by atoms with Gasteiger partial charge in [0.25, 0.3) is 0 Å². The molecule has 0 spiro atoms. The highest BCUT2D eigenvalue weighted by atomic mass is 19.1. The van der Waals surface area contributed by atoms with Crippen LogP contribution in [-0.4, -0.2) is 23.0 Å². The first-order chi connectivity index (χ1) is 9.99. The molecule has 1 aliphatic rings. The molecule has 2 N–H and O–H groups in total. The van der Waals surface area contributed by atoms with E-state index < -0.39 is 17.4 Å². The van der Waals surface area contributed by atoms with Crippen molar-refractivity contribution >= 4 is 11.9 Å². The van der Waals surface area contributed by atoms with Crippen LogP contribution in [0.3, 0.4) is 0 Å². The lowest BCUT2D eigenvalue weighted by Crippen LogP contribution is -2.45. The van der Waals surface area contributed by atoms with Crippen LogP contribution in [0.15, 0.2) is 24.3 Å². The van der Waals surface area contributed by atoms with Crippen molar-refractivity contribution in [3.63, 3.8) is 0 Å². The maximum atomic E-state index is 13.0. The zero-order valence-corrected chi connectivity index (χ0v) is 12.1. The minimum Gasteiger partial charge on any atom is -0.480 e. The van der Waals surface area contributed by atoms with Gasteiger partial charge in [-0.25, -0.2) is 9.18 Å². The largest absolute Gasteiger partial charge is 0.480 e. The van der Waals surface area contributed by atoms with Gasteiger partial charge in [0.05, 0.1) is 5.41 Å². The van der Waals surface area contributed by atoms with Crippen molar-refractivity contribution in [2.24, 2.45) is 0 Å². The second kappa shape index (κ2) is 6.24. The molecule has 1 aromatic rings. The van der Waals surface area contributed by atoms with Crippen molar-refractivity contribution in [2.45, 2.75) is 50.5 Å². The zero-order chi connectivity index (χ0) is 15.5. The Hall–Kier alpha value is -1.91. The van der Waals surface area contributed by atoms with E-state index in [1.54, 1.807) is 12.1 Å². The van der Waals surface area contributed by atoms with Crippen molar-refractivity contribution in [2.75, 3.05) is 0 Å². The molecule has 1 saturated carbocycles. The number of hydrogen-bond donors (Lipinski definition) is 2. The van der Waals surface area contributed by atoms with E-state index in [0.29, 0.717) is 19.3 Å². The number of halogens is 1. The Balaban J connectivity index is 2.08. The number of carboxylic acids is 1. The molecule has 0 aliphatic heterocycles. The smallest absolute Gasteiger partial charge is 0.326 e. The van der Waals surface area contributed by atoms with E-state index in [4.69, 9.17) is 0 Å². The molecule has 1 amide bonds. The summed E-state index contributed by atoms with van der Waals surface area (Å²) in [5.74, 6) is -1.62. The molecular formula is C16H20FNO3. The van der Waals surface area contributed by atoms with Gasteiger partial charge in [0.1, 0.15) is 11.9 Å². The molecule has 5 heteroatoms. The Morgan fingerprint density at radius 1 is 1.33 bits per heavy atom. The lowest BCUT2D eigenvalue weighted by atomic mass is 9.94. The molecule has 0 heterocycles. The summed E-state index contributed by atoms with van der Waals surface area (Å²) in [5, 5.41) is 11.8. The molecule has 1 aromatic carbocycles. The Labute approximate surface area is 123 Å². The average molecular weight is 293 g/mol. The molecule has 1 atom stereocenters. The van der Waals surface area contributed by atoms with Gasteiger partial charge in [-0.3, -0.25) is 4.79 Å². The second-order valence-corrected chi connectivity index (χ2v) is 5.60. The van der Waals surface area contributed by atoms with Crippen molar-refractivity contribution in [3.8, 4) is 0 Å². The summed E-state index contributed by atoms with van der Waals surface area (Å²) in [6.07, 6.45) is 3.40. The normalized spacial score (nSPS) is 17.0. The highest BCUT2D eigenvalue weighted by Gasteiger charge is 2.51. The van der Waals surface area contributed by atoms with Gasteiger partial charge in [0.15, 0.2) is 0 Å². The fraction of sp³-hybridized carbons (Fsp3) is 0.500. The molecule has 0 radical (unpaired) electrons. The molecule has 0 bridgehead atoms. The first-order valence-electron chi connectivity index (χ1n) is 7.29. The highest BCUT2D eigenvalue weighted by molar-refractivity contribution is 5.93. The number of carbonyl (C=O) groups excluding carboxylic acids is 1. The quantitative estimate of drug-likeness (QED) is 0.812. The molecule has 1 unspecified atom stereocenters. The summed E-state index contributed by atoms with van der Waals surface area (Å²) in [4.78, 5) is 23.6. The van der Waals surface area contributed by atoms with Gasteiger partial charge in [0, 0.05) is 0 Å². The minimum atomic E-state index is -1.01. The van der Waals surface area contributed by atoms with Crippen LogP contribution in [0.2, 0.25) is 0 Å². The van der Waals surface area contributed by atoms with Crippen LogP contribution >= 0.6 is 0 Å². The van der Waals surface area contributed by atoms with E-state index in [1.165, 1.54) is 12.1 Å². The van der Waals surface area contributed by atoms with Crippen LogP contribution < -0.4 is 5.32 Å². The molecule has 4 nitrogen and oxygen atoms in total. The van der Waals surface area contributed by atoms with Gasteiger partial charge in [-0.15, -0.1) is 0 Å². The third kappa shape index (κ3) is 3.40. The summed E-state index contributed by atoms with van der Waals surface area (Å²) in [6, 6.07) is 5.01. The molecule has 1 aliphatic carbocycles. The van der Waals surface area contributed by atoms with E-state index in [9.17, 15) is 19.1 Å². The topological polar surface area (TPSA) is 66.4 Å². The predicted octanol–water partition coefficient (Wildman–Crippen LogP) is 2.62. The van der Waals surface area contributed by atoms with Crippen LogP contribution in [0.5, 0.6) is 0 Å². The molecule has 1 fully saturated rings. The SMILES string of the molecule is CCCCC(NC(=O)C1(c2ccc(F)cc2)CC1)C(=O)O. The van der Waals surface area contributed by atoms with E-state index >= 15 is 0 Å². The van der Waals surface area contributed by atoms with Gasteiger partial charge in [0.2, 0.25) is 5.91 Å². The fourth-order valence-electron chi connectivity index (χ4n) is 2.50. The van der Waals surface area contributed by atoms with Crippen molar-refractivity contribution in [3.05, 3.63) is 35.6 Å². The van der Waals surface area contributed by atoms with Gasteiger partial charge in [-0.2, -0.15) is 0 Å². The maximum absolute atomic E-state index is 13.0. The van der Waals surface area contributed by atoms with Crippen LogP contribution in [0.25, 0.3) is 0 Å². The Kier molecular flexibility index (Phi) is 4.60. The number of amides is 1. The fourth-order valence-corrected chi connectivity index (χ4v) is 2.50. The number of benzene rings is 1. The maximum Gasteiger partial charge on any atom is 0.326 e. The van der Waals surface area contributed by atoms with E-state index in [2.05, 4.69) is 5.32 Å². The lowest BCUT2D eigenvalue weighted by Gasteiger charge is -2.20. The summed E-state index contributed by atoms with van der Waals surface area (Å²) >= 11 is 0. The van der Waals surface area contributed by atoms with E-state index in [-0.39, 0.29) is 11.7 Å². The van der Waals surface area contributed by atoms with Gasteiger partial charge < -0.3 is 10.4 Å². The number of carbonyl (C=O) groups is 2. The standard InChI is InChI=1S/C16H20FNO3/c1-2-3-4-13(14(19)20)18-15(21)16(9-10-16)11-5-7-12(17)8-6-11/h5-8,13H,2-4,9-10H2,1H3,(H,18,21)(H,19,20). The number of carboxylic acid groups (broad SMARTS) is 1. The summed E-state index contributed by atoms with van der Waals surface area (Å²) < 4.78 is 13.0. The van der Waals surface area contributed by atoms with Crippen LogP contribution in [-0.2, 0) is 15.0 Å². The van der Waals surface area contributed by atoms with Gasteiger partial charge in [-0.1, -0.05) is 31.9 Å². The number of nitrogens with one attached hydrogen (secondary N) is 1. The lowest BCUT2D eigenvalue weighted by molar-refractivity contribution is -0.142. The first-order valence-corrected chi connectivity index (χ1v) is 7.29. The molecule has 0 aromatic heterocycles. The number of hydrogen-bond acceptors (Lipinski definition) is 2.